The molecule has 152 valence electrons. The van der Waals surface area contributed by atoms with Crippen LogP contribution in [0.2, 0.25) is 5.02 Å². The minimum atomic E-state index is -1.14. The molecule has 0 radical (unpaired) electrons. The van der Waals surface area contributed by atoms with Crippen LogP contribution in [0.25, 0.3) is 23.1 Å². The summed E-state index contributed by atoms with van der Waals surface area (Å²) in [7, 11) is 0. The summed E-state index contributed by atoms with van der Waals surface area (Å²) in [6, 6.07) is 11.3. The Morgan fingerprint density at radius 2 is 1.97 bits per heavy atom. The van der Waals surface area contributed by atoms with E-state index in [-0.39, 0.29) is 33.8 Å². The number of ether oxygens (including phenoxy) is 1. The van der Waals surface area contributed by atoms with Crippen LogP contribution in [0.3, 0.4) is 0 Å². The van der Waals surface area contributed by atoms with Crippen LogP contribution in [0.1, 0.15) is 10.4 Å². The molecule has 0 aliphatic carbocycles. The van der Waals surface area contributed by atoms with Gasteiger partial charge in [-0.1, -0.05) is 11.6 Å². The maximum atomic E-state index is 14.3. The van der Waals surface area contributed by atoms with Crippen LogP contribution < -0.4 is 10.1 Å². The Balaban J connectivity index is 1.62. The number of benzene rings is 2. The van der Waals surface area contributed by atoms with Gasteiger partial charge in [-0.25, -0.2) is 8.78 Å². The summed E-state index contributed by atoms with van der Waals surface area (Å²) in [6.45, 7) is -1.14. The first-order chi connectivity index (χ1) is 14.5. The second kappa shape index (κ2) is 8.34. The van der Waals surface area contributed by atoms with Crippen molar-refractivity contribution in [3.8, 4) is 28.9 Å². The molecular formula is C20H12ClF2N3O4. The molecule has 0 fully saturated rings. The third-order valence-electron chi connectivity index (χ3n) is 4.01. The lowest BCUT2D eigenvalue weighted by atomic mass is 10.1. The molecule has 0 bridgehead atoms. The number of hydrogen-bond acceptors (Lipinski definition) is 6. The summed E-state index contributed by atoms with van der Waals surface area (Å²) in [5.41, 5.74) is 0.160. The van der Waals surface area contributed by atoms with E-state index in [2.05, 4.69) is 15.5 Å². The molecule has 30 heavy (non-hydrogen) atoms. The molecule has 0 saturated heterocycles. The fourth-order valence-corrected chi connectivity index (χ4v) is 2.82. The number of halogens is 3. The highest BCUT2D eigenvalue weighted by Gasteiger charge is 2.18. The van der Waals surface area contributed by atoms with Crippen LogP contribution in [-0.2, 0) is 0 Å². The van der Waals surface area contributed by atoms with Crippen LogP contribution in [0.15, 0.2) is 63.6 Å². The molecule has 1 N–H and O–H groups in total. The van der Waals surface area contributed by atoms with Gasteiger partial charge in [0.1, 0.15) is 11.6 Å². The molecule has 0 spiro atoms. The topological polar surface area (TPSA) is 90.4 Å². The van der Waals surface area contributed by atoms with Gasteiger partial charge >= 0.3 is 0 Å². The summed E-state index contributed by atoms with van der Waals surface area (Å²) in [5.74, 6) is -0.841. The Bertz CT molecular complexity index is 1190. The third-order valence-corrected chi connectivity index (χ3v) is 4.25. The normalized spacial score (nSPS) is 10.8. The number of rotatable bonds is 6. The van der Waals surface area contributed by atoms with Crippen molar-refractivity contribution in [3.05, 3.63) is 71.2 Å². The van der Waals surface area contributed by atoms with Crippen molar-refractivity contribution in [1.82, 2.24) is 10.2 Å². The lowest BCUT2D eigenvalue weighted by Gasteiger charge is -2.11. The molecule has 2 heterocycles. The highest BCUT2D eigenvalue weighted by atomic mass is 35.5. The summed E-state index contributed by atoms with van der Waals surface area (Å²) >= 11 is 5.91. The predicted octanol–water partition coefficient (Wildman–Crippen LogP) is 5.35. The second-order valence-corrected chi connectivity index (χ2v) is 6.37. The number of hydrogen-bond donors (Lipinski definition) is 1. The minimum absolute atomic E-state index is 0.0315. The van der Waals surface area contributed by atoms with Gasteiger partial charge in [-0.3, -0.25) is 4.79 Å². The highest BCUT2D eigenvalue weighted by molar-refractivity contribution is 6.31. The van der Waals surface area contributed by atoms with Gasteiger partial charge in [0.2, 0.25) is 12.8 Å². The first-order valence-electron chi connectivity index (χ1n) is 8.52. The van der Waals surface area contributed by atoms with Crippen molar-refractivity contribution in [2.24, 2.45) is 0 Å². The molecule has 7 nitrogen and oxygen atoms in total. The van der Waals surface area contributed by atoms with E-state index in [4.69, 9.17) is 25.2 Å². The average Bonchev–Trinajstić information content (AvgIpc) is 3.43. The Morgan fingerprint density at radius 3 is 2.73 bits per heavy atom. The van der Waals surface area contributed by atoms with Crippen molar-refractivity contribution in [1.29, 1.82) is 0 Å². The van der Waals surface area contributed by atoms with E-state index in [0.717, 1.165) is 6.07 Å². The van der Waals surface area contributed by atoms with E-state index >= 15 is 0 Å². The number of anilines is 1. The maximum absolute atomic E-state index is 14.3. The largest absolute Gasteiger partial charge is 0.462 e. The van der Waals surface area contributed by atoms with Crippen LogP contribution in [0, 0.1) is 5.82 Å². The third kappa shape index (κ3) is 4.01. The van der Waals surface area contributed by atoms with Gasteiger partial charge in [0.25, 0.3) is 11.8 Å². The molecule has 4 aromatic rings. The van der Waals surface area contributed by atoms with Crippen LogP contribution in [0.5, 0.6) is 5.75 Å². The number of aromatic nitrogens is 2. The fourth-order valence-electron chi connectivity index (χ4n) is 2.65. The molecule has 0 aliphatic heterocycles. The molecule has 2 aromatic carbocycles. The first kappa shape index (κ1) is 19.6. The van der Waals surface area contributed by atoms with Crippen molar-refractivity contribution >= 4 is 23.2 Å². The van der Waals surface area contributed by atoms with Crippen molar-refractivity contribution in [2.45, 2.75) is 0 Å². The van der Waals surface area contributed by atoms with E-state index in [1.807, 2.05) is 0 Å². The zero-order valence-corrected chi connectivity index (χ0v) is 15.8. The van der Waals surface area contributed by atoms with Gasteiger partial charge in [-0.2, -0.15) is 0 Å². The van der Waals surface area contributed by atoms with Crippen molar-refractivity contribution in [3.63, 3.8) is 0 Å². The van der Waals surface area contributed by atoms with Gasteiger partial charge in [-0.15, -0.1) is 10.2 Å². The number of amides is 1. The molecule has 4 rings (SSSR count). The number of nitrogens with zero attached hydrogens (tertiary/aromatic N) is 2. The summed E-state index contributed by atoms with van der Waals surface area (Å²) in [5, 5.41) is 10.4. The Labute approximate surface area is 173 Å². The zero-order valence-electron chi connectivity index (χ0n) is 15.1. The Morgan fingerprint density at radius 1 is 1.13 bits per heavy atom. The fraction of sp³-hybridized carbons (Fsp3) is 0.0500. The lowest BCUT2D eigenvalue weighted by Crippen LogP contribution is -2.14. The van der Waals surface area contributed by atoms with Gasteiger partial charge in [0.05, 0.1) is 17.5 Å². The summed E-state index contributed by atoms with van der Waals surface area (Å²) < 4.78 is 42.4. The minimum Gasteiger partial charge on any atom is -0.462 e. The SMILES string of the molecule is O=C(Nc1cc(-c2nnc(-c3ccco3)o2)ccc1F)c1cc(Cl)ccc1OCF. The van der Waals surface area contributed by atoms with Gasteiger partial charge in [-0.05, 0) is 48.5 Å². The van der Waals surface area contributed by atoms with E-state index < -0.39 is 18.6 Å². The Hall–Kier alpha value is -3.72. The lowest BCUT2D eigenvalue weighted by molar-refractivity contribution is 0.101. The highest BCUT2D eigenvalue weighted by Crippen LogP contribution is 2.29. The summed E-state index contributed by atoms with van der Waals surface area (Å²) in [4.78, 5) is 12.6. The molecule has 0 saturated carbocycles. The van der Waals surface area contributed by atoms with Crippen molar-refractivity contribution in [2.75, 3.05) is 12.2 Å². The monoisotopic (exact) mass is 431 g/mol. The molecule has 0 unspecified atom stereocenters. The first-order valence-corrected chi connectivity index (χ1v) is 8.90. The van der Waals surface area contributed by atoms with Crippen LogP contribution in [0.4, 0.5) is 14.5 Å². The number of alkyl halides is 1. The number of carbonyl (C=O) groups is 1. The maximum Gasteiger partial charge on any atom is 0.283 e. The smallest absolute Gasteiger partial charge is 0.283 e. The zero-order chi connectivity index (χ0) is 21.1. The average molecular weight is 432 g/mol. The van der Waals surface area contributed by atoms with Gasteiger partial charge in [0.15, 0.2) is 5.76 Å². The number of carbonyl (C=O) groups excluding carboxylic acids is 1. The van der Waals surface area contributed by atoms with Gasteiger partial charge in [0, 0.05) is 10.6 Å². The van der Waals surface area contributed by atoms with E-state index in [1.54, 1.807) is 12.1 Å². The van der Waals surface area contributed by atoms with Gasteiger partial charge < -0.3 is 18.9 Å². The molecular weight excluding hydrogens is 420 g/mol. The molecule has 1 amide bonds. The molecule has 0 atom stereocenters. The number of furan rings is 1. The molecule has 10 heteroatoms. The predicted molar refractivity (Wildman–Crippen MR) is 103 cm³/mol. The van der Waals surface area contributed by atoms with E-state index in [9.17, 15) is 13.6 Å². The Kier molecular flexibility index (Phi) is 5.44. The van der Waals surface area contributed by atoms with Crippen LogP contribution >= 0.6 is 11.6 Å². The van der Waals surface area contributed by atoms with E-state index in [0.29, 0.717) is 11.3 Å². The van der Waals surface area contributed by atoms with Crippen LogP contribution in [-0.4, -0.2) is 23.0 Å². The van der Waals surface area contributed by atoms with E-state index in [1.165, 1.54) is 36.6 Å². The standard InChI is InChI=1S/C20H12ClF2N3O4/c21-12-4-6-16(29-10-22)13(9-12)18(27)24-15-8-11(3-5-14(15)23)19-25-26-20(30-19)17-2-1-7-28-17/h1-9H,10H2,(H,24,27). The number of nitrogens with one attached hydrogen (secondary N) is 1. The second-order valence-electron chi connectivity index (χ2n) is 5.93. The molecule has 2 aromatic heterocycles. The van der Waals surface area contributed by atoms with Crippen molar-refractivity contribution < 1.29 is 27.1 Å². The molecule has 0 aliphatic rings. The quantitative estimate of drug-likeness (QED) is 0.442. The summed E-state index contributed by atoms with van der Waals surface area (Å²) in [6.07, 6.45) is 1.46.